The van der Waals surface area contributed by atoms with Crippen molar-refractivity contribution in [3.05, 3.63) is 12.7 Å². The molecule has 0 fully saturated rings. The van der Waals surface area contributed by atoms with E-state index in [0.717, 1.165) is 6.08 Å². The van der Waals surface area contributed by atoms with Gasteiger partial charge in [-0.05, 0) is 0 Å². The predicted octanol–water partition coefficient (Wildman–Crippen LogP) is 1.68. The third-order valence-electron chi connectivity index (χ3n) is 0.848. The van der Waals surface area contributed by atoms with Gasteiger partial charge in [-0.1, -0.05) is 6.08 Å². The van der Waals surface area contributed by atoms with Crippen molar-refractivity contribution < 1.29 is 17.9 Å². The van der Waals surface area contributed by atoms with E-state index in [-0.39, 0.29) is 0 Å². The van der Waals surface area contributed by atoms with Crippen LogP contribution < -0.4 is 0 Å². The van der Waals surface area contributed by atoms with Crippen molar-refractivity contribution in [1.82, 2.24) is 10.7 Å². The maximum Gasteiger partial charge on any atom is 0.109 e. The average Bonchev–Trinajstić information content (AvgIpc) is 1.81. The molecule has 0 aromatic carbocycles. The summed E-state index contributed by atoms with van der Waals surface area (Å²) in [5.41, 5.74) is 0. The molecule has 0 aliphatic heterocycles. The monoisotopic (exact) mass is 158 g/mol. The highest BCUT2D eigenvalue weighted by atomic mass is 19.4. The van der Waals surface area contributed by atoms with Crippen molar-refractivity contribution in [2.75, 3.05) is 6.54 Å². The smallest absolute Gasteiger partial charge is 0.101 e. The highest BCUT2D eigenvalue weighted by Gasteiger charge is 2.17. The van der Waals surface area contributed by atoms with Crippen LogP contribution in [0.3, 0.4) is 0 Å². The van der Waals surface area contributed by atoms with Crippen molar-refractivity contribution in [2.45, 2.75) is 6.04 Å². The van der Waals surface area contributed by atoms with Gasteiger partial charge in [0.2, 0.25) is 0 Å². The zero-order chi connectivity index (χ0) is 8.15. The minimum absolute atomic E-state index is 0.742. The van der Waals surface area contributed by atoms with E-state index in [9.17, 15) is 17.9 Å². The number of rotatable bonds is 4. The molecular weight excluding hydrogens is 152 g/mol. The Bertz CT molecular complexity index is 105. The predicted molar refractivity (Wildman–Crippen MR) is 27.0 cm³/mol. The van der Waals surface area contributed by atoms with Crippen molar-refractivity contribution in [1.29, 1.82) is 0 Å². The van der Waals surface area contributed by atoms with E-state index in [2.05, 4.69) is 6.58 Å². The molecule has 0 aromatic heterocycles. The summed E-state index contributed by atoms with van der Waals surface area (Å²) < 4.78 is 45.4. The molecule has 0 aliphatic rings. The third kappa shape index (κ3) is 3.41. The molecule has 1 unspecified atom stereocenters. The van der Waals surface area contributed by atoms with E-state index in [1.807, 2.05) is 0 Å². The summed E-state index contributed by atoms with van der Waals surface area (Å²) >= 11 is 0. The fourth-order valence-corrected chi connectivity index (χ4v) is 0.357. The van der Waals surface area contributed by atoms with Gasteiger partial charge in [0, 0.05) is 10.7 Å². The Morgan fingerprint density at radius 1 is 1.30 bits per heavy atom. The molecule has 0 amide bonds. The summed E-state index contributed by atoms with van der Waals surface area (Å²) in [5.74, 6) is 0. The molecule has 0 aliphatic carbocycles. The van der Waals surface area contributed by atoms with Crippen molar-refractivity contribution in [2.24, 2.45) is 0 Å². The summed E-state index contributed by atoms with van der Waals surface area (Å²) in [6.45, 7) is 1.91. The van der Waals surface area contributed by atoms with Crippen LogP contribution >= 0.6 is 0 Å². The van der Waals surface area contributed by atoms with Gasteiger partial charge in [0.25, 0.3) is 0 Å². The van der Waals surface area contributed by atoms with Gasteiger partial charge in [0.15, 0.2) is 0 Å². The van der Waals surface area contributed by atoms with E-state index in [1.54, 1.807) is 0 Å². The molecule has 2 nitrogen and oxygen atoms in total. The summed E-state index contributed by atoms with van der Waals surface area (Å²) in [6.07, 6.45) is 0.742. The molecule has 0 rings (SSSR count). The van der Waals surface area contributed by atoms with Gasteiger partial charge >= 0.3 is 0 Å². The van der Waals surface area contributed by atoms with Gasteiger partial charge in [-0.25, -0.2) is 0 Å². The van der Waals surface area contributed by atoms with E-state index in [1.165, 1.54) is 0 Å². The van der Waals surface area contributed by atoms with Gasteiger partial charge < -0.3 is 0 Å². The Morgan fingerprint density at radius 2 is 1.80 bits per heavy atom. The van der Waals surface area contributed by atoms with Crippen LogP contribution in [0, 0.1) is 0 Å². The van der Waals surface area contributed by atoms with Crippen molar-refractivity contribution in [3.8, 4) is 0 Å². The average molecular weight is 158 g/mol. The quantitative estimate of drug-likeness (QED) is 0.349. The molecule has 0 bridgehead atoms. The number of hydrogen-bond acceptors (Lipinski definition) is 2. The second-order valence-electron chi connectivity index (χ2n) is 1.55. The summed E-state index contributed by atoms with van der Waals surface area (Å²) in [4.78, 5) is 0. The van der Waals surface area contributed by atoms with E-state index in [4.69, 9.17) is 0 Å². The van der Waals surface area contributed by atoms with Crippen LogP contribution in [0.4, 0.5) is 17.9 Å². The first kappa shape index (κ1) is 9.38. The Morgan fingerprint density at radius 3 is 1.90 bits per heavy atom. The highest BCUT2D eigenvalue weighted by Crippen LogP contribution is 2.05. The lowest BCUT2D eigenvalue weighted by Crippen LogP contribution is -2.28. The largest absolute Gasteiger partial charge is 0.109 e. The van der Waals surface area contributed by atoms with E-state index >= 15 is 0 Å². The van der Waals surface area contributed by atoms with E-state index in [0.29, 0.717) is 0 Å². The molecule has 0 heterocycles. The molecule has 0 spiro atoms. The van der Waals surface area contributed by atoms with Gasteiger partial charge in [0.05, 0.1) is 6.54 Å². The minimum atomic E-state index is -1.62. The highest BCUT2D eigenvalue weighted by molar-refractivity contribution is 4.82. The first-order valence-corrected chi connectivity index (χ1v) is 2.40. The topological polar surface area (TPSA) is 6.48 Å². The molecule has 0 saturated heterocycles. The molecule has 0 N–H and O–H groups in total. The molecule has 1 atom stereocenters. The van der Waals surface area contributed by atoms with Crippen LogP contribution in [0.2, 0.25) is 0 Å². The van der Waals surface area contributed by atoms with Crippen molar-refractivity contribution >= 4 is 0 Å². The molecule has 0 radical (unpaired) electrons. The SMILES string of the molecule is C=CC(CN(F)F)N(F)F. The maximum atomic E-state index is 11.5. The Labute approximate surface area is 55.1 Å². The molecule has 10 heavy (non-hydrogen) atoms. The third-order valence-corrected chi connectivity index (χ3v) is 0.848. The second-order valence-corrected chi connectivity index (χ2v) is 1.55. The van der Waals surface area contributed by atoms with Crippen LogP contribution in [-0.4, -0.2) is 23.3 Å². The lowest BCUT2D eigenvalue weighted by atomic mass is 10.3. The van der Waals surface area contributed by atoms with Crippen LogP contribution in [0.15, 0.2) is 12.7 Å². The zero-order valence-corrected chi connectivity index (χ0v) is 4.98. The van der Waals surface area contributed by atoms with Crippen LogP contribution in [0.1, 0.15) is 0 Å². The minimum Gasteiger partial charge on any atom is -0.101 e. The number of halogens is 4. The molecular formula is C4H6F4N2. The van der Waals surface area contributed by atoms with Gasteiger partial charge in [-0.3, -0.25) is 0 Å². The van der Waals surface area contributed by atoms with Crippen molar-refractivity contribution in [3.63, 3.8) is 0 Å². The number of nitrogens with zero attached hydrogens (tertiary/aromatic N) is 2. The fourth-order valence-electron chi connectivity index (χ4n) is 0.357. The lowest BCUT2D eigenvalue weighted by Gasteiger charge is -2.10. The lowest BCUT2D eigenvalue weighted by molar-refractivity contribution is -0.219. The van der Waals surface area contributed by atoms with Gasteiger partial charge in [-0.15, -0.1) is 24.5 Å². The van der Waals surface area contributed by atoms with E-state index < -0.39 is 23.3 Å². The van der Waals surface area contributed by atoms with Crippen LogP contribution in [0.25, 0.3) is 0 Å². The fraction of sp³-hybridized carbons (Fsp3) is 0.500. The summed E-state index contributed by atoms with van der Waals surface area (Å²) in [5, 5.41) is -2.64. The Hall–Kier alpha value is -0.620. The Kier molecular flexibility index (Phi) is 3.97. The first-order chi connectivity index (χ1) is 4.57. The zero-order valence-electron chi connectivity index (χ0n) is 4.98. The second kappa shape index (κ2) is 4.24. The van der Waals surface area contributed by atoms with Crippen LogP contribution in [-0.2, 0) is 0 Å². The maximum absolute atomic E-state index is 11.5. The summed E-state index contributed by atoms with van der Waals surface area (Å²) in [7, 11) is 0. The van der Waals surface area contributed by atoms with Crippen LogP contribution in [0.5, 0.6) is 0 Å². The standard InChI is InChI=1S/C4H6F4N2/c1-2-4(10(7)8)3-9(5)6/h2,4H,1,3H2. The number of hydrogen-bond donors (Lipinski definition) is 0. The van der Waals surface area contributed by atoms with Gasteiger partial charge in [0.1, 0.15) is 6.04 Å². The molecule has 0 aromatic rings. The van der Waals surface area contributed by atoms with Gasteiger partial charge in [-0.2, -0.15) is 0 Å². The summed E-state index contributed by atoms with van der Waals surface area (Å²) in [6, 6.07) is -1.62. The molecule has 6 heteroatoms. The Balaban J connectivity index is 3.71. The molecule has 0 saturated carbocycles. The molecule has 60 valence electrons. The first-order valence-electron chi connectivity index (χ1n) is 2.40. The normalized spacial score (nSPS) is 14.2.